The smallest absolute Gasteiger partial charge is 0.243 e. The number of halogens is 2. The van der Waals surface area contributed by atoms with Gasteiger partial charge in [-0.3, -0.25) is 4.79 Å². The molecule has 0 aliphatic rings. The fourth-order valence-electron chi connectivity index (χ4n) is 3.67. The maximum Gasteiger partial charge on any atom is 0.243 e. The van der Waals surface area contributed by atoms with E-state index in [1.54, 1.807) is 54.1 Å². The van der Waals surface area contributed by atoms with Crippen molar-refractivity contribution in [2.75, 3.05) is 7.05 Å². The molecule has 7 nitrogen and oxygen atoms in total. The van der Waals surface area contributed by atoms with Crippen LogP contribution in [0.25, 0.3) is 0 Å². The maximum atomic E-state index is 13.6. The number of aryl methyl sites for hydroxylation is 2. The molecule has 0 fully saturated rings. The molecule has 178 valence electrons. The number of sulfonamides is 1. The molecular weight excluding hydrogens is 479 g/mol. The molecule has 0 saturated carbocycles. The van der Waals surface area contributed by atoms with Gasteiger partial charge in [-0.2, -0.15) is 9.98 Å². The third-order valence-electron chi connectivity index (χ3n) is 5.32. The first-order valence-corrected chi connectivity index (χ1v) is 12.3. The third kappa shape index (κ3) is 6.03. The molecule has 1 heterocycles. The molecule has 2 aromatic carbocycles. The Morgan fingerprint density at radius 3 is 2.65 bits per heavy atom. The van der Waals surface area contributed by atoms with Crippen molar-refractivity contribution in [3.63, 3.8) is 0 Å². The van der Waals surface area contributed by atoms with Crippen LogP contribution in [0.5, 0.6) is 0 Å². The van der Waals surface area contributed by atoms with E-state index >= 15 is 0 Å². The second kappa shape index (κ2) is 10.8. The largest absolute Gasteiger partial charge is 0.340 e. The number of aromatic nitrogens is 1. The first-order chi connectivity index (χ1) is 16.1. The third-order valence-corrected chi connectivity index (χ3v) is 7.42. The van der Waals surface area contributed by atoms with Crippen LogP contribution in [0.3, 0.4) is 0 Å². The number of hydrogen-bond acceptors (Lipinski definition) is 4. The van der Waals surface area contributed by atoms with Crippen LogP contribution in [-0.2, 0) is 27.9 Å². The number of nitriles is 1. The van der Waals surface area contributed by atoms with Crippen molar-refractivity contribution in [1.29, 1.82) is 5.26 Å². The van der Waals surface area contributed by atoms with Gasteiger partial charge in [0.05, 0.1) is 5.02 Å². The minimum atomic E-state index is -4.15. The standard InChI is InChI=1S/C24H24ClFN4O3S/c1-17-6-3-10-21(25)23(17)34(32,33)28-22(11-13-30-12-5-9-20(30)15-27)24(31)29(2)16-18-7-4-8-19(26)14-18/h3-10,12,14,22,28H,11,13,16H2,1-2H3. The Balaban J connectivity index is 1.88. The number of hydrogen-bond donors (Lipinski definition) is 1. The van der Waals surface area contributed by atoms with Crippen molar-refractivity contribution >= 4 is 27.5 Å². The lowest BCUT2D eigenvalue weighted by molar-refractivity contribution is -0.132. The topological polar surface area (TPSA) is 95.2 Å². The first kappa shape index (κ1) is 25.4. The van der Waals surface area contributed by atoms with Crippen molar-refractivity contribution in [2.24, 2.45) is 0 Å². The molecule has 0 radical (unpaired) electrons. The zero-order valence-corrected chi connectivity index (χ0v) is 20.3. The van der Waals surface area contributed by atoms with Gasteiger partial charge in [0, 0.05) is 26.3 Å². The second-order valence-corrected chi connectivity index (χ2v) is 9.93. The number of likely N-dealkylation sites (N-methyl/N-ethyl adjacent to an activating group) is 1. The fourth-order valence-corrected chi connectivity index (χ4v) is 5.72. The number of carbonyl (C=O) groups excluding carboxylic acids is 1. The number of nitrogens with zero attached hydrogens (tertiary/aromatic N) is 3. The summed E-state index contributed by atoms with van der Waals surface area (Å²) < 4.78 is 44.2. The SMILES string of the molecule is Cc1cccc(Cl)c1S(=O)(=O)NC(CCn1cccc1C#N)C(=O)N(C)Cc1cccc(F)c1. The van der Waals surface area contributed by atoms with Crippen molar-refractivity contribution in [2.45, 2.75) is 37.4 Å². The van der Waals surface area contributed by atoms with Gasteiger partial charge in [-0.25, -0.2) is 12.8 Å². The number of rotatable bonds is 9. The van der Waals surface area contributed by atoms with E-state index in [2.05, 4.69) is 10.8 Å². The van der Waals surface area contributed by atoms with E-state index in [0.29, 0.717) is 16.8 Å². The summed E-state index contributed by atoms with van der Waals surface area (Å²) in [4.78, 5) is 14.6. The molecule has 1 unspecified atom stereocenters. The van der Waals surface area contributed by atoms with Crippen LogP contribution in [0.1, 0.15) is 23.2 Å². The highest BCUT2D eigenvalue weighted by Crippen LogP contribution is 2.25. The molecule has 1 amide bonds. The summed E-state index contributed by atoms with van der Waals surface area (Å²) in [6.45, 7) is 1.93. The van der Waals surface area contributed by atoms with Gasteiger partial charge in [0.25, 0.3) is 0 Å². The van der Waals surface area contributed by atoms with Crippen LogP contribution >= 0.6 is 11.6 Å². The highest BCUT2D eigenvalue weighted by Gasteiger charge is 2.30. The average molecular weight is 503 g/mol. The second-order valence-electron chi connectivity index (χ2n) is 7.87. The molecule has 0 aliphatic heterocycles. The number of carbonyl (C=O) groups is 1. The van der Waals surface area contributed by atoms with Crippen LogP contribution < -0.4 is 4.72 Å². The van der Waals surface area contributed by atoms with Crippen molar-refractivity contribution in [3.05, 3.63) is 88.5 Å². The van der Waals surface area contributed by atoms with Crippen molar-refractivity contribution in [1.82, 2.24) is 14.2 Å². The maximum absolute atomic E-state index is 13.6. The van der Waals surface area contributed by atoms with Crippen molar-refractivity contribution < 1.29 is 17.6 Å². The van der Waals surface area contributed by atoms with E-state index in [1.807, 2.05) is 0 Å². The van der Waals surface area contributed by atoms with E-state index in [0.717, 1.165) is 0 Å². The quantitative estimate of drug-likeness (QED) is 0.480. The molecule has 0 bridgehead atoms. The molecule has 34 heavy (non-hydrogen) atoms. The molecular formula is C24H24ClFN4O3S. The molecule has 0 aliphatic carbocycles. The normalized spacial score (nSPS) is 12.2. The van der Waals surface area contributed by atoms with Crippen LogP contribution in [0.4, 0.5) is 4.39 Å². The Kier molecular flexibility index (Phi) is 8.10. The summed E-state index contributed by atoms with van der Waals surface area (Å²) in [7, 11) is -2.63. The van der Waals surface area contributed by atoms with Crippen LogP contribution in [0.2, 0.25) is 5.02 Å². The number of amides is 1. The first-order valence-electron chi connectivity index (χ1n) is 10.4. The van der Waals surface area contributed by atoms with Crippen LogP contribution in [0.15, 0.2) is 65.7 Å². The Hall–Kier alpha value is -3.19. The molecule has 0 saturated heterocycles. The molecule has 10 heteroatoms. The lowest BCUT2D eigenvalue weighted by Crippen LogP contribution is -2.47. The van der Waals surface area contributed by atoms with E-state index in [-0.39, 0.29) is 29.4 Å². The zero-order chi connectivity index (χ0) is 24.9. The highest BCUT2D eigenvalue weighted by molar-refractivity contribution is 7.89. The van der Waals surface area contributed by atoms with Gasteiger partial charge in [0.1, 0.15) is 28.5 Å². The number of nitrogens with one attached hydrogen (secondary N) is 1. The van der Waals surface area contributed by atoms with Crippen LogP contribution in [0, 0.1) is 24.1 Å². The summed E-state index contributed by atoms with van der Waals surface area (Å²) in [5, 5.41) is 9.30. The molecule has 3 rings (SSSR count). The lowest BCUT2D eigenvalue weighted by atomic mass is 10.1. The minimum absolute atomic E-state index is 0.0454. The van der Waals surface area contributed by atoms with Gasteiger partial charge >= 0.3 is 0 Å². The highest BCUT2D eigenvalue weighted by atomic mass is 35.5. The molecule has 1 N–H and O–H groups in total. The molecule has 0 spiro atoms. The van der Waals surface area contributed by atoms with Gasteiger partial charge < -0.3 is 9.47 Å². The lowest BCUT2D eigenvalue weighted by Gasteiger charge is -2.25. The monoisotopic (exact) mass is 502 g/mol. The van der Waals surface area contributed by atoms with E-state index in [1.165, 1.54) is 30.1 Å². The predicted molar refractivity (Wildman–Crippen MR) is 127 cm³/mol. The summed E-state index contributed by atoms with van der Waals surface area (Å²) in [6.07, 6.45) is 1.77. The summed E-state index contributed by atoms with van der Waals surface area (Å²) in [6, 6.07) is 14.8. The molecule has 1 atom stereocenters. The number of benzene rings is 2. The fraction of sp³-hybridized carbons (Fsp3) is 0.250. The van der Waals surface area contributed by atoms with Crippen molar-refractivity contribution in [3.8, 4) is 6.07 Å². The van der Waals surface area contributed by atoms with E-state index < -0.39 is 27.8 Å². The van der Waals surface area contributed by atoms with E-state index in [9.17, 15) is 22.9 Å². The molecule has 3 aromatic rings. The summed E-state index contributed by atoms with van der Waals surface area (Å²) in [5.41, 5.74) is 1.40. The van der Waals surface area contributed by atoms with Gasteiger partial charge in [-0.05, 0) is 54.8 Å². The Morgan fingerprint density at radius 1 is 1.24 bits per heavy atom. The predicted octanol–water partition coefficient (Wildman–Crippen LogP) is 3.86. The Labute approximate surface area is 203 Å². The van der Waals surface area contributed by atoms with E-state index in [4.69, 9.17) is 11.6 Å². The van der Waals surface area contributed by atoms with Gasteiger partial charge in [-0.15, -0.1) is 0 Å². The van der Waals surface area contributed by atoms with Gasteiger partial charge in [0.15, 0.2) is 0 Å². The average Bonchev–Trinajstić information content (AvgIpc) is 3.23. The Bertz CT molecular complexity index is 1310. The minimum Gasteiger partial charge on any atom is -0.340 e. The van der Waals surface area contributed by atoms with Gasteiger partial charge in [-0.1, -0.05) is 35.9 Å². The van der Waals surface area contributed by atoms with Gasteiger partial charge in [0.2, 0.25) is 15.9 Å². The Morgan fingerprint density at radius 2 is 1.97 bits per heavy atom. The zero-order valence-electron chi connectivity index (χ0n) is 18.7. The summed E-state index contributed by atoms with van der Waals surface area (Å²) in [5.74, 6) is -0.926. The summed E-state index contributed by atoms with van der Waals surface area (Å²) >= 11 is 6.17. The van der Waals surface area contributed by atoms with Crippen LogP contribution in [-0.4, -0.2) is 36.9 Å². The molecule has 1 aromatic heterocycles.